The Bertz CT molecular complexity index is 647. The number of aliphatic imine (C=N–C) groups is 1. The van der Waals surface area contributed by atoms with Gasteiger partial charge in [0.1, 0.15) is 5.75 Å². The Morgan fingerprint density at radius 3 is 2.55 bits per heavy atom. The molecule has 0 saturated carbocycles. The number of nitrogens with two attached hydrogens (primary N) is 1. The lowest BCUT2D eigenvalue weighted by Gasteiger charge is -2.10. The monoisotopic (exact) mass is 318 g/mol. The van der Waals surface area contributed by atoms with E-state index >= 15 is 0 Å². The molecule has 0 aliphatic rings. The molecule has 22 heavy (non-hydrogen) atoms. The fourth-order valence-corrected chi connectivity index (χ4v) is 2.82. The highest BCUT2D eigenvalue weighted by Gasteiger charge is 2.04. The summed E-state index contributed by atoms with van der Waals surface area (Å²) in [6.07, 6.45) is 0.163. The molecule has 118 valence electrons. The first kappa shape index (κ1) is 16.3. The van der Waals surface area contributed by atoms with E-state index in [0.717, 1.165) is 27.0 Å². The van der Waals surface area contributed by atoms with Crippen LogP contribution < -0.4 is 15.8 Å². The second-order valence-corrected chi connectivity index (χ2v) is 6.55. The number of rotatable bonds is 5. The average molecular weight is 318 g/mol. The number of benzene rings is 1. The van der Waals surface area contributed by atoms with E-state index in [-0.39, 0.29) is 6.10 Å². The molecule has 5 nitrogen and oxygen atoms in total. The number of guanidine groups is 1. The molecule has 2 aromatic rings. The predicted molar refractivity (Wildman–Crippen MR) is 92.7 cm³/mol. The number of anilines is 1. The highest BCUT2D eigenvalue weighted by Crippen LogP contribution is 2.19. The molecule has 0 fully saturated rings. The lowest BCUT2D eigenvalue weighted by molar-refractivity contribution is 0.242. The smallest absolute Gasteiger partial charge is 0.193 e. The second kappa shape index (κ2) is 7.26. The quantitative estimate of drug-likeness (QED) is 0.654. The SMILES string of the molecule is Cc1nc(C)c(CN=C(N)Nc2ccc(OC(C)C)cc2)s1. The van der Waals surface area contributed by atoms with E-state index in [2.05, 4.69) is 15.3 Å². The maximum Gasteiger partial charge on any atom is 0.193 e. The summed E-state index contributed by atoms with van der Waals surface area (Å²) in [6, 6.07) is 7.66. The van der Waals surface area contributed by atoms with Crippen molar-refractivity contribution in [2.45, 2.75) is 40.3 Å². The molecule has 0 amide bonds. The molecule has 0 unspecified atom stereocenters. The van der Waals surface area contributed by atoms with Gasteiger partial charge in [0.2, 0.25) is 0 Å². The van der Waals surface area contributed by atoms with Crippen LogP contribution in [0.2, 0.25) is 0 Å². The Balaban J connectivity index is 1.94. The highest BCUT2D eigenvalue weighted by molar-refractivity contribution is 7.11. The van der Waals surface area contributed by atoms with Gasteiger partial charge in [0.25, 0.3) is 0 Å². The third-order valence-electron chi connectivity index (χ3n) is 2.89. The van der Waals surface area contributed by atoms with Gasteiger partial charge in [-0.25, -0.2) is 9.98 Å². The topological polar surface area (TPSA) is 72.5 Å². The second-order valence-electron chi connectivity index (χ2n) is 5.26. The van der Waals surface area contributed by atoms with Crippen LogP contribution in [0.1, 0.15) is 29.4 Å². The number of hydrogen-bond donors (Lipinski definition) is 2. The molecule has 1 aromatic carbocycles. The van der Waals surface area contributed by atoms with Crippen LogP contribution in [0.5, 0.6) is 5.75 Å². The van der Waals surface area contributed by atoms with Gasteiger partial charge in [0.05, 0.1) is 23.4 Å². The molecule has 0 saturated heterocycles. The maximum atomic E-state index is 5.92. The van der Waals surface area contributed by atoms with Crippen molar-refractivity contribution in [3.8, 4) is 5.75 Å². The third kappa shape index (κ3) is 4.73. The summed E-state index contributed by atoms with van der Waals surface area (Å²) in [4.78, 5) is 9.88. The lowest BCUT2D eigenvalue weighted by atomic mass is 10.3. The summed E-state index contributed by atoms with van der Waals surface area (Å²) in [7, 11) is 0. The van der Waals surface area contributed by atoms with Crippen molar-refractivity contribution in [3.63, 3.8) is 0 Å². The van der Waals surface area contributed by atoms with Crippen molar-refractivity contribution in [2.75, 3.05) is 5.32 Å². The minimum atomic E-state index is 0.163. The first-order valence-corrected chi connectivity index (χ1v) is 8.02. The molecule has 2 rings (SSSR count). The minimum Gasteiger partial charge on any atom is -0.491 e. The first-order chi connectivity index (χ1) is 10.4. The molecule has 0 bridgehead atoms. The summed E-state index contributed by atoms with van der Waals surface area (Å²) in [5.74, 6) is 1.23. The van der Waals surface area contributed by atoms with Gasteiger partial charge < -0.3 is 15.8 Å². The maximum absolute atomic E-state index is 5.92. The summed E-state index contributed by atoms with van der Waals surface area (Å²) in [5.41, 5.74) is 7.83. The van der Waals surface area contributed by atoms with Gasteiger partial charge in [0, 0.05) is 10.6 Å². The summed E-state index contributed by atoms with van der Waals surface area (Å²) < 4.78 is 5.60. The molecule has 1 heterocycles. The van der Waals surface area contributed by atoms with Crippen LogP contribution in [0, 0.1) is 13.8 Å². The number of thiazole rings is 1. The van der Waals surface area contributed by atoms with Crippen molar-refractivity contribution in [1.82, 2.24) is 4.98 Å². The fraction of sp³-hybridized carbons (Fsp3) is 0.375. The van der Waals surface area contributed by atoms with Crippen LogP contribution in [-0.4, -0.2) is 17.0 Å². The Kier molecular flexibility index (Phi) is 5.38. The van der Waals surface area contributed by atoms with Gasteiger partial charge in [-0.15, -0.1) is 11.3 Å². The molecule has 0 aliphatic carbocycles. The zero-order valence-corrected chi connectivity index (χ0v) is 14.2. The number of ether oxygens (including phenoxy) is 1. The van der Waals surface area contributed by atoms with Crippen molar-refractivity contribution in [1.29, 1.82) is 0 Å². The lowest BCUT2D eigenvalue weighted by Crippen LogP contribution is -2.22. The summed E-state index contributed by atoms with van der Waals surface area (Å²) in [6.45, 7) is 8.53. The molecular weight excluding hydrogens is 296 g/mol. The van der Waals surface area contributed by atoms with E-state index < -0.39 is 0 Å². The van der Waals surface area contributed by atoms with Gasteiger partial charge in [-0.2, -0.15) is 0 Å². The molecule has 0 radical (unpaired) electrons. The Hall–Kier alpha value is -2.08. The van der Waals surface area contributed by atoms with Crippen LogP contribution in [0.3, 0.4) is 0 Å². The van der Waals surface area contributed by atoms with Crippen LogP contribution >= 0.6 is 11.3 Å². The normalized spacial score (nSPS) is 11.8. The number of nitrogens with zero attached hydrogens (tertiary/aromatic N) is 2. The van der Waals surface area contributed by atoms with E-state index in [0.29, 0.717) is 12.5 Å². The molecule has 6 heteroatoms. The first-order valence-electron chi connectivity index (χ1n) is 7.20. The molecule has 0 aliphatic heterocycles. The standard InChI is InChI=1S/C16H22N4OS/c1-10(2)21-14-7-5-13(6-8-14)20-16(17)18-9-15-11(3)19-12(4)22-15/h5-8,10H,9H2,1-4H3,(H3,17,18,20). The van der Waals surface area contributed by atoms with Crippen molar-refractivity contribution < 1.29 is 4.74 Å². The number of nitrogens with one attached hydrogen (secondary N) is 1. The van der Waals surface area contributed by atoms with Crippen LogP contribution in [0.25, 0.3) is 0 Å². The third-order valence-corrected chi connectivity index (χ3v) is 3.95. The van der Waals surface area contributed by atoms with Gasteiger partial charge in [-0.1, -0.05) is 0 Å². The Morgan fingerprint density at radius 2 is 2.00 bits per heavy atom. The average Bonchev–Trinajstić information content (AvgIpc) is 2.76. The van der Waals surface area contributed by atoms with Crippen LogP contribution in [-0.2, 0) is 6.54 Å². The van der Waals surface area contributed by atoms with E-state index in [1.807, 2.05) is 52.0 Å². The molecule has 3 N–H and O–H groups in total. The van der Waals surface area contributed by atoms with Gasteiger partial charge in [-0.05, 0) is 52.0 Å². The fourth-order valence-electron chi connectivity index (χ4n) is 1.95. The van der Waals surface area contributed by atoms with Gasteiger partial charge in [-0.3, -0.25) is 0 Å². The summed E-state index contributed by atoms with van der Waals surface area (Å²) >= 11 is 1.65. The zero-order valence-electron chi connectivity index (χ0n) is 13.4. The molecule has 1 aromatic heterocycles. The van der Waals surface area contributed by atoms with E-state index in [1.165, 1.54) is 0 Å². The van der Waals surface area contributed by atoms with Gasteiger partial charge in [0.15, 0.2) is 5.96 Å². The van der Waals surface area contributed by atoms with Gasteiger partial charge >= 0.3 is 0 Å². The predicted octanol–water partition coefficient (Wildman–Crippen LogP) is 3.47. The Morgan fingerprint density at radius 1 is 1.32 bits per heavy atom. The number of aryl methyl sites for hydroxylation is 2. The zero-order chi connectivity index (χ0) is 16.1. The highest BCUT2D eigenvalue weighted by atomic mass is 32.1. The summed E-state index contributed by atoms with van der Waals surface area (Å²) in [5, 5.41) is 4.13. The van der Waals surface area contributed by atoms with Crippen molar-refractivity contribution in [2.24, 2.45) is 10.7 Å². The van der Waals surface area contributed by atoms with E-state index in [1.54, 1.807) is 11.3 Å². The largest absolute Gasteiger partial charge is 0.491 e. The minimum absolute atomic E-state index is 0.163. The van der Waals surface area contributed by atoms with Crippen molar-refractivity contribution in [3.05, 3.63) is 39.8 Å². The van der Waals surface area contributed by atoms with Crippen LogP contribution in [0.15, 0.2) is 29.3 Å². The Labute approximate surface area is 135 Å². The number of hydrogen-bond acceptors (Lipinski definition) is 4. The molecule has 0 atom stereocenters. The van der Waals surface area contributed by atoms with E-state index in [4.69, 9.17) is 10.5 Å². The van der Waals surface area contributed by atoms with Crippen LogP contribution in [0.4, 0.5) is 5.69 Å². The van der Waals surface area contributed by atoms with Crippen molar-refractivity contribution >= 4 is 23.0 Å². The number of aromatic nitrogens is 1. The molecular formula is C16H22N4OS. The molecule has 0 spiro atoms. The van der Waals surface area contributed by atoms with E-state index in [9.17, 15) is 0 Å².